The van der Waals surface area contributed by atoms with Crippen LogP contribution < -0.4 is 16.0 Å². The number of aromatic amines is 1. The maximum atomic E-state index is 13.4. The summed E-state index contributed by atoms with van der Waals surface area (Å²) in [5, 5.41) is 10.2. The van der Waals surface area contributed by atoms with Gasteiger partial charge in [0.1, 0.15) is 6.04 Å². The van der Waals surface area contributed by atoms with Crippen molar-refractivity contribution in [2.45, 2.75) is 31.7 Å². The molecule has 36 heavy (non-hydrogen) atoms. The van der Waals surface area contributed by atoms with Gasteiger partial charge in [-0.1, -0.05) is 48.5 Å². The highest BCUT2D eigenvalue weighted by atomic mass is 16.5. The number of rotatable bonds is 10. The molecule has 0 aliphatic carbocycles. The fourth-order valence-corrected chi connectivity index (χ4v) is 4.75. The summed E-state index contributed by atoms with van der Waals surface area (Å²) in [6.07, 6.45) is 4.16. The van der Waals surface area contributed by atoms with E-state index in [9.17, 15) is 14.4 Å². The standard InChI is InChI=1S/C28H34N4O4/c1-36-28(35)22(15-19-7-3-2-4-8-19)18-31-27(34)25(32-26(33)20-11-13-29-14-12-20)16-21-17-30-24-10-6-5-9-23(21)24/h2-10,17,20,22,25,29-30H,11-16,18H2,1H3,(H,31,34)(H,32,33). The Morgan fingerprint density at radius 2 is 1.72 bits per heavy atom. The summed E-state index contributed by atoms with van der Waals surface area (Å²) in [6.45, 7) is 1.70. The molecule has 1 saturated heterocycles. The zero-order valence-electron chi connectivity index (χ0n) is 20.6. The van der Waals surface area contributed by atoms with Gasteiger partial charge in [0.15, 0.2) is 0 Å². The Balaban J connectivity index is 1.48. The van der Waals surface area contributed by atoms with Crippen LogP contribution in [0.2, 0.25) is 0 Å². The van der Waals surface area contributed by atoms with E-state index in [1.165, 1.54) is 7.11 Å². The number of nitrogens with one attached hydrogen (secondary N) is 4. The summed E-state index contributed by atoms with van der Waals surface area (Å²) >= 11 is 0. The first-order valence-corrected chi connectivity index (χ1v) is 12.5. The third kappa shape index (κ3) is 6.51. The minimum atomic E-state index is -0.762. The quantitative estimate of drug-likeness (QED) is 0.326. The van der Waals surface area contributed by atoms with Crippen LogP contribution in [0.1, 0.15) is 24.0 Å². The topological polar surface area (TPSA) is 112 Å². The molecular formula is C28H34N4O4. The van der Waals surface area contributed by atoms with Crippen LogP contribution in [0.4, 0.5) is 0 Å². The van der Waals surface area contributed by atoms with Crippen molar-refractivity contribution in [3.63, 3.8) is 0 Å². The Morgan fingerprint density at radius 3 is 2.47 bits per heavy atom. The van der Waals surface area contributed by atoms with Gasteiger partial charge in [0.05, 0.1) is 13.0 Å². The molecule has 1 aliphatic heterocycles. The van der Waals surface area contributed by atoms with E-state index in [1.54, 1.807) is 0 Å². The van der Waals surface area contributed by atoms with Crippen LogP contribution in [0.15, 0.2) is 60.8 Å². The molecule has 2 heterocycles. The normalized spacial score (nSPS) is 15.7. The smallest absolute Gasteiger partial charge is 0.310 e. The third-order valence-electron chi connectivity index (χ3n) is 6.82. The van der Waals surface area contributed by atoms with Crippen LogP contribution in [0.3, 0.4) is 0 Å². The van der Waals surface area contributed by atoms with Gasteiger partial charge in [0.2, 0.25) is 11.8 Å². The summed E-state index contributed by atoms with van der Waals surface area (Å²) in [7, 11) is 1.35. The van der Waals surface area contributed by atoms with Gasteiger partial charge in [-0.05, 0) is 49.5 Å². The van der Waals surface area contributed by atoms with Crippen LogP contribution in [-0.4, -0.2) is 55.6 Å². The largest absolute Gasteiger partial charge is 0.469 e. The highest BCUT2D eigenvalue weighted by Gasteiger charge is 2.29. The van der Waals surface area contributed by atoms with Gasteiger partial charge in [-0.3, -0.25) is 14.4 Å². The van der Waals surface area contributed by atoms with Crippen molar-refractivity contribution in [1.82, 2.24) is 20.9 Å². The number of ether oxygens (including phenoxy) is 1. The lowest BCUT2D eigenvalue weighted by Gasteiger charge is -2.25. The molecule has 4 N–H and O–H groups in total. The van der Waals surface area contributed by atoms with Crippen molar-refractivity contribution in [2.75, 3.05) is 26.7 Å². The number of fused-ring (bicyclic) bond motifs is 1. The average molecular weight is 491 g/mol. The first-order chi connectivity index (χ1) is 17.5. The number of para-hydroxylation sites is 1. The molecule has 1 fully saturated rings. The van der Waals surface area contributed by atoms with Crippen LogP contribution in [-0.2, 0) is 32.0 Å². The number of carbonyl (C=O) groups excluding carboxylic acids is 3. The molecule has 0 spiro atoms. The van der Waals surface area contributed by atoms with E-state index in [2.05, 4.69) is 20.9 Å². The Hall–Kier alpha value is -3.65. The Bertz CT molecular complexity index is 1170. The molecule has 2 amide bonds. The number of piperidine rings is 1. The van der Waals surface area contributed by atoms with Crippen LogP contribution in [0.5, 0.6) is 0 Å². The molecule has 0 bridgehead atoms. The predicted molar refractivity (Wildman–Crippen MR) is 138 cm³/mol. The van der Waals surface area contributed by atoms with E-state index in [0.29, 0.717) is 12.8 Å². The third-order valence-corrected chi connectivity index (χ3v) is 6.82. The van der Waals surface area contributed by atoms with E-state index in [0.717, 1.165) is 48.0 Å². The first kappa shape index (κ1) is 25.4. The number of esters is 1. The number of H-pyrrole nitrogens is 1. The minimum Gasteiger partial charge on any atom is -0.469 e. The Morgan fingerprint density at radius 1 is 1.00 bits per heavy atom. The number of hydrogen-bond acceptors (Lipinski definition) is 5. The fourth-order valence-electron chi connectivity index (χ4n) is 4.75. The van der Waals surface area contributed by atoms with Crippen molar-refractivity contribution in [3.8, 4) is 0 Å². The summed E-state index contributed by atoms with van der Waals surface area (Å²) in [4.78, 5) is 42.1. The zero-order valence-corrected chi connectivity index (χ0v) is 20.6. The van der Waals surface area contributed by atoms with Gasteiger partial charge in [-0.25, -0.2) is 0 Å². The molecule has 2 aromatic carbocycles. The molecule has 8 heteroatoms. The van der Waals surface area contributed by atoms with Crippen molar-refractivity contribution >= 4 is 28.7 Å². The lowest BCUT2D eigenvalue weighted by Crippen LogP contribution is -2.51. The summed E-state index contributed by atoms with van der Waals surface area (Å²) in [6, 6.07) is 16.7. The lowest BCUT2D eigenvalue weighted by molar-refractivity contribution is -0.145. The van der Waals surface area contributed by atoms with Gasteiger partial charge in [0, 0.05) is 36.0 Å². The van der Waals surface area contributed by atoms with E-state index in [-0.39, 0.29) is 30.2 Å². The molecule has 0 saturated carbocycles. The van der Waals surface area contributed by atoms with E-state index in [1.807, 2.05) is 60.8 Å². The summed E-state index contributed by atoms with van der Waals surface area (Å²) in [5.41, 5.74) is 2.91. The van der Waals surface area contributed by atoms with Gasteiger partial charge in [0.25, 0.3) is 0 Å². The Kier molecular flexibility index (Phi) is 8.73. The maximum absolute atomic E-state index is 13.4. The number of aromatic nitrogens is 1. The van der Waals surface area contributed by atoms with Crippen LogP contribution in [0.25, 0.3) is 10.9 Å². The number of methoxy groups -OCH3 is 1. The Labute approximate surface area is 211 Å². The second-order valence-corrected chi connectivity index (χ2v) is 9.30. The van der Waals surface area contributed by atoms with Gasteiger partial charge < -0.3 is 25.7 Å². The summed E-state index contributed by atoms with van der Waals surface area (Å²) < 4.78 is 4.98. The maximum Gasteiger partial charge on any atom is 0.310 e. The fraction of sp³-hybridized carbons (Fsp3) is 0.393. The monoisotopic (exact) mass is 490 g/mol. The number of hydrogen-bond donors (Lipinski definition) is 4. The number of carbonyl (C=O) groups is 3. The van der Waals surface area contributed by atoms with Gasteiger partial charge >= 0.3 is 5.97 Å². The number of benzene rings is 2. The lowest BCUT2D eigenvalue weighted by atomic mass is 9.96. The van der Waals surface area contributed by atoms with Crippen molar-refractivity contribution in [1.29, 1.82) is 0 Å². The highest BCUT2D eigenvalue weighted by Crippen LogP contribution is 2.20. The van der Waals surface area contributed by atoms with E-state index < -0.39 is 12.0 Å². The van der Waals surface area contributed by atoms with Crippen molar-refractivity contribution < 1.29 is 19.1 Å². The molecule has 4 rings (SSSR count). The zero-order chi connectivity index (χ0) is 25.3. The second kappa shape index (κ2) is 12.4. The van der Waals surface area contributed by atoms with Gasteiger partial charge in [-0.2, -0.15) is 0 Å². The minimum absolute atomic E-state index is 0.106. The molecule has 3 aromatic rings. The van der Waals surface area contributed by atoms with Crippen LogP contribution in [0, 0.1) is 11.8 Å². The van der Waals surface area contributed by atoms with Crippen molar-refractivity contribution in [3.05, 3.63) is 71.9 Å². The predicted octanol–water partition coefficient (Wildman–Crippen LogP) is 2.34. The first-order valence-electron chi connectivity index (χ1n) is 12.5. The van der Waals surface area contributed by atoms with E-state index >= 15 is 0 Å². The molecule has 2 atom stereocenters. The van der Waals surface area contributed by atoms with Crippen molar-refractivity contribution in [2.24, 2.45) is 11.8 Å². The second-order valence-electron chi connectivity index (χ2n) is 9.30. The van der Waals surface area contributed by atoms with Gasteiger partial charge in [-0.15, -0.1) is 0 Å². The average Bonchev–Trinajstić information content (AvgIpc) is 3.33. The molecule has 0 radical (unpaired) electrons. The molecule has 2 unspecified atom stereocenters. The molecule has 190 valence electrons. The molecular weight excluding hydrogens is 456 g/mol. The number of amides is 2. The molecule has 1 aliphatic rings. The molecule has 1 aromatic heterocycles. The summed E-state index contributed by atoms with van der Waals surface area (Å²) in [5.74, 6) is -1.46. The van der Waals surface area contributed by atoms with E-state index in [4.69, 9.17) is 4.74 Å². The highest BCUT2D eigenvalue weighted by molar-refractivity contribution is 5.90. The SMILES string of the molecule is COC(=O)C(CNC(=O)C(Cc1c[nH]c2ccccc12)NC(=O)C1CCNCC1)Cc1ccccc1. The van der Waals surface area contributed by atoms with Crippen LogP contribution >= 0.6 is 0 Å². The molecule has 8 nitrogen and oxygen atoms in total.